The summed E-state index contributed by atoms with van der Waals surface area (Å²) in [7, 11) is 0. The molecule has 0 atom stereocenters. The Morgan fingerprint density at radius 2 is 2.38 bits per heavy atom. The Labute approximate surface area is 46.2 Å². The topological polar surface area (TPSA) is 87.7 Å². The van der Waals surface area contributed by atoms with Crippen LogP contribution in [0.25, 0.3) is 0 Å². The first-order valence-electron chi connectivity index (χ1n) is 1.91. The van der Waals surface area contributed by atoms with Crippen LogP contribution in [0.1, 0.15) is 6.92 Å². The van der Waals surface area contributed by atoms with Crippen molar-refractivity contribution in [3.8, 4) is 0 Å². The van der Waals surface area contributed by atoms with E-state index in [-0.39, 0.29) is 5.84 Å². The Hall–Kier alpha value is -1.26. The molecule has 0 unspecified atom stereocenters. The monoisotopic (exact) mass is 117 g/mol. The van der Waals surface area contributed by atoms with Gasteiger partial charge >= 0.3 is 6.09 Å². The molecule has 4 N–H and O–H groups in total. The summed E-state index contributed by atoms with van der Waals surface area (Å²) in [5.41, 5.74) is 6.69. The van der Waals surface area contributed by atoms with Gasteiger partial charge in [-0.3, -0.25) is 0 Å². The summed E-state index contributed by atoms with van der Waals surface area (Å²) in [6.07, 6.45) is -1.21. The highest BCUT2D eigenvalue weighted by Gasteiger charge is 1.86. The fourth-order valence-corrected chi connectivity index (χ4v) is 0.136. The molecule has 0 rings (SSSR count). The van der Waals surface area contributed by atoms with Crippen LogP contribution in [0.2, 0.25) is 0 Å². The van der Waals surface area contributed by atoms with E-state index in [9.17, 15) is 4.79 Å². The summed E-state index contributed by atoms with van der Waals surface area (Å²) >= 11 is 0. The third-order valence-electron chi connectivity index (χ3n) is 0.328. The number of carboxylic acid groups (broad SMARTS) is 1. The van der Waals surface area contributed by atoms with E-state index in [2.05, 4.69) is 5.10 Å². The van der Waals surface area contributed by atoms with E-state index >= 15 is 0 Å². The smallest absolute Gasteiger partial charge is 0.425 e. The van der Waals surface area contributed by atoms with Crippen LogP contribution in [-0.2, 0) is 0 Å². The maximum atomic E-state index is 9.63. The standard InChI is InChI=1S/C3H7N3O2/c1-2(4)5-6-3(7)8/h6H,1H3,(H2,4,5)(H,7,8). The lowest BCUT2D eigenvalue weighted by atomic mass is 10.7. The average Bonchev–Trinajstić information content (AvgIpc) is 1.61. The lowest BCUT2D eigenvalue weighted by Crippen LogP contribution is -2.19. The molecule has 8 heavy (non-hydrogen) atoms. The van der Waals surface area contributed by atoms with Gasteiger partial charge in [-0.2, -0.15) is 5.10 Å². The van der Waals surface area contributed by atoms with Crippen molar-refractivity contribution < 1.29 is 9.90 Å². The quantitative estimate of drug-likeness (QED) is 0.247. The molecule has 5 heteroatoms. The van der Waals surface area contributed by atoms with Crippen LogP contribution in [0.4, 0.5) is 4.79 Å². The van der Waals surface area contributed by atoms with Crippen LogP contribution in [0.15, 0.2) is 5.10 Å². The van der Waals surface area contributed by atoms with E-state index in [1.165, 1.54) is 6.92 Å². The van der Waals surface area contributed by atoms with Crippen LogP contribution in [0.5, 0.6) is 0 Å². The number of hydrogen-bond acceptors (Lipinski definition) is 2. The zero-order valence-corrected chi connectivity index (χ0v) is 4.38. The van der Waals surface area contributed by atoms with Gasteiger partial charge in [-0.1, -0.05) is 0 Å². The first-order valence-corrected chi connectivity index (χ1v) is 1.91. The van der Waals surface area contributed by atoms with Crippen LogP contribution in [0, 0.1) is 0 Å². The van der Waals surface area contributed by atoms with Gasteiger partial charge in [0.2, 0.25) is 0 Å². The van der Waals surface area contributed by atoms with Gasteiger partial charge in [-0.25, -0.2) is 10.2 Å². The molecule has 0 saturated heterocycles. The van der Waals surface area contributed by atoms with Crippen molar-refractivity contribution in [2.45, 2.75) is 6.92 Å². The molecule has 0 aliphatic heterocycles. The molecule has 0 aromatic rings. The zero-order chi connectivity index (χ0) is 6.57. The molecular formula is C3H7N3O2. The van der Waals surface area contributed by atoms with E-state index in [0.29, 0.717) is 0 Å². The maximum Gasteiger partial charge on any atom is 0.425 e. The van der Waals surface area contributed by atoms with Crippen molar-refractivity contribution in [3.63, 3.8) is 0 Å². The van der Waals surface area contributed by atoms with E-state index in [1.807, 2.05) is 0 Å². The van der Waals surface area contributed by atoms with Crippen molar-refractivity contribution in [2.24, 2.45) is 10.8 Å². The summed E-state index contributed by atoms with van der Waals surface area (Å²) < 4.78 is 0. The Balaban J connectivity index is 3.45. The number of nitrogens with one attached hydrogen (secondary N) is 1. The molecule has 1 amide bonds. The Kier molecular flexibility index (Phi) is 2.39. The highest BCUT2D eigenvalue weighted by atomic mass is 16.4. The fraction of sp³-hybridized carbons (Fsp3) is 0.333. The van der Waals surface area contributed by atoms with Gasteiger partial charge in [-0.15, -0.1) is 0 Å². The molecule has 0 aliphatic rings. The Morgan fingerprint density at radius 1 is 1.88 bits per heavy atom. The molecule has 0 saturated carbocycles. The highest BCUT2D eigenvalue weighted by Crippen LogP contribution is 1.61. The lowest BCUT2D eigenvalue weighted by Gasteiger charge is -1.88. The number of nitrogens with zero attached hydrogens (tertiary/aromatic N) is 1. The minimum Gasteiger partial charge on any atom is -0.464 e. The third-order valence-corrected chi connectivity index (χ3v) is 0.328. The Bertz CT molecular complexity index is 116. The highest BCUT2D eigenvalue weighted by molar-refractivity contribution is 5.78. The molecule has 5 nitrogen and oxygen atoms in total. The zero-order valence-electron chi connectivity index (χ0n) is 4.38. The molecule has 0 heterocycles. The van der Waals surface area contributed by atoms with E-state index in [1.54, 1.807) is 5.43 Å². The van der Waals surface area contributed by atoms with Crippen LogP contribution >= 0.6 is 0 Å². The molecule has 0 aromatic carbocycles. The van der Waals surface area contributed by atoms with Crippen molar-refractivity contribution in [1.82, 2.24) is 5.43 Å². The third kappa shape index (κ3) is 4.74. The Morgan fingerprint density at radius 3 is 2.50 bits per heavy atom. The summed E-state index contributed by atoms with van der Waals surface area (Å²) in [5, 5.41) is 11.1. The van der Waals surface area contributed by atoms with Gasteiger partial charge in [0.15, 0.2) is 0 Å². The van der Waals surface area contributed by atoms with E-state index < -0.39 is 6.09 Å². The van der Waals surface area contributed by atoms with E-state index in [4.69, 9.17) is 10.8 Å². The second kappa shape index (κ2) is 2.84. The summed E-state index contributed by atoms with van der Waals surface area (Å²) in [5.74, 6) is 0.187. The molecule has 0 spiro atoms. The van der Waals surface area contributed by atoms with Gasteiger partial charge in [0.1, 0.15) is 5.84 Å². The number of hydrazone groups is 1. The number of carbonyl (C=O) groups is 1. The molecule has 0 fully saturated rings. The van der Waals surface area contributed by atoms with Gasteiger partial charge < -0.3 is 10.8 Å². The minimum atomic E-state index is -1.21. The number of hydrogen-bond donors (Lipinski definition) is 3. The fourth-order valence-electron chi connectivity index (χ4n) is 0.136. The largest absolute Gasteiger partial charge is 0.464 e. The van der Waals surface area contributed by atoms with Crippen LogP contribution < -0.4 is 11.2 Å². The number of rotatable bonds is 1. The normalized spacial score (nSPS) is 10.9. The van der Waals surface area contributed by atoms with Gasteiger partial charge in [-0.05, 0) is 6.92 Å². The van der Waals surface area contributed by atoms with Crippen LogP contribution in [-0.4, -0.2) is 17.0 Å². The predicted molar refractivity (Wildman–Crippen MR) is 28.5 cm³/mol. The maximum absolute atomic E-state index is 9.63. The summed E-state index contributed by atoms with van der Waals surface area (Å²) in [4.78, 5) is 9.63. The van der Waals surface area contributed by atoms with Gasteiger partial charge in [0, 0.05) is 0 Å². The first-order chi connectivity index (χ1) is 3.63. The molecular weight excluding hydrogens is 110 g/mol. The first kappa shape index (κ1) is 6.74. The lowest BCUT2D eigenvalue weighted by molar-refractivity contribution is 0.195. The SMILES string of the molecule is CC(N)=NNC(=O)O. The van der Waals surface area contributed by atoms with Crippen molar-refractivity contribution >= 4 is 11.9 Å². The average molecular weight is 117 g/mol. The molecule has 0 aliphatic carbocycles. The molecule has 0 bridgehead atoms. The second-order valence-corrected chi connectivity index (χ2v) is 1.17. The summed E-state index contributed by atoms with van der Waals surface area (Å²) in [6.45, 7) is 1.48. The number of amidine groups is 1. The number of nitrogens with two attached hydrogens (primary N) is 1. The van der Waals surface area contributed by atoms with Crippen molar-refractivity contribution in [2.75, 3.05) is 0 Å². The summed E-state index contributed by atoms with van der Waals surface area (Å²) in [6, 6.07) is 0. The second-order valence-electron chi connectivity index (χ2n) is 1.17. The predicted octanol–water partition coefficient (Wildman–Crippen LogP) is -0.454. The van der Waals surface area contributed by atoms with E-state index in [0.717, 1.165) is 0 Å². The number of amides is 1. The molecule has 0 aromatic heterocycles. The molecule has 46 valence electrons. The van der Waals surface area contributed by atoms with Crippen molar-refractivity contribution in [3.05, 3.63) is 0 Å². The van der Waals surface area contributed by atoms with Gasteiger partial charge in [0.25, 0.3) is 0 Å². The van der Waals surface area contributed by atoms with Gasteiger partial charge in [0.05, 0.1) is 0 Å². The minimum absolute atomic E-state index is 0.187. The van der Waals surface area contributed by atoms with Crippen LogP contribution in [0.3, 0.4) is 0 Å². The van der Waals surface area contributed by atoms with Crippen molar-refractivity contribution in [1.29, 1.82) is 0 Å². The molecule has 0 radical (unpaired) electrons.